The maximum Gasteiger partial charge on any atom is 0.329 e. The van der Waals surface area contributed by atoms with Crippen molar-refractivity contribution in [3.05, 3.63) is 101 Å². The number of hydrogen-bond donors (Lipinski definition) is 1. The first-order valence-corrected chi connectivity index (χ1v) is 11.9. The zero-order valence-electron chi connectivity index (χ0n) is 20.5. The van der Waals surface area contributed by atoms with Crippen LogP contribution in [0.4, 0.5) is 5.69 Å². The lowest BCUT2D eigenvalue weighted by Crippen LogP contribution is -2.49. The van der Waals surface area contributed by atoms with Gasteiger partial charge in [0.2, 0.25) is 0 Å². The molecule has 0 fully saturated rings. The van der Waals surface area contributed by atoms with Crippen LogP contribution >= 0.6 is 0 Å². The number of ether oxygens (including phenoxy) is 1. The summed E-state index contributed by atoms with van der Waals surface area (Å²) in [5.41, 5.74) is 4.73. The summed E-state index contributed by atoms with van der Waals surface area (Å²) in [7, 11) is 0. The second-order valence-corrected chi connectivity index (χ2v) is 8.85. The number of amides is 2. The van der Waals surface area contributed by atoms with Crippen molar-refractivity contribution >= 4 is 23.5 Å². The maximum atomic E-state index is 13.1. The van der Waals surface area contributed by atoms with Gasteiger partial charge in [-0.05, 0) is 49.2 Å². The van der Waals surface area contributed by atoms with Crippen LogP contribution in [0, 0.1) is 13.8 Å². The van der Waals surface area contributed by atoms with Crippen LogP contribution in [0.3, 0.4) is 0 Å². The molecule has 0 spiro atoms. The minimum absolute atomic E-state index is 0.135. The predicted molar refractivity (Wildman–Crippen MR) is 135 cm³/mol. The van der Waals surface area contributed by atoms with Gasteiger partial charge in [-0.2, -0.15) is 5.10 Å². The molecular weight excluding hydrogens is 472 g/mol. The van der Waals surface area contributed by atoms with Crippen molar-refractivity contribution in [2.45, 2.75) is 32.9 Å². The molecule has 2 aromatic heterocycles. The summed E-state index contributed by atoms with van der Waals surface area (Å²) in [5.74, 6) is -1.42. The maximum absolute atomic E-state index is 13.1. The van der Waals surface area contributed by atoms with Crippen molar-refractivity contribution in [3.8, 4) is 5.69 Å². The Kier molecular flexibility index (Phi) is 6.59. The number of carbonyl (C=O) groups excluding carboxylic acids is 3. The van der Waals surface area contributed by atoms with Gasteiger partial charge >= 0.3 is 5.97 Å². The van der Waals surface area contributed by atoms with Gasteiger partial charge in [0.25, 0.3) is 11.8 Å². The Bertz CT molecular complexity index is 1440. The van der Waals surface area contributed by atoms with E-state index in [0.29, 0.717) is 11.4 Å². The zero-order chi connectivity index (χ0) is 25.9. The van der Waals surface area contributed by atoms with Crippen LogP contribution in [0.1, 0.15) is 33.1 Å². The molecule has 9 heteroatoms. The summed E-state index contributed by atoms with van der Waals surface area (Å²) in [5, 5.41) is 7.32. The van der Waals surface area contributed by atoms with Gasteiger partial charge in [0.05, 0.1) is 29.0 Å². The number of hydrogen-bond acceptors (Lipinski definition) is 6. The molecule has 1 N–H and O–H groups in total. The predicted octanol–water partition coefficient (Wildman–Crippen LogP) is 3.83. The number of nitrogens with one attached hydrogen (secondary N) is 1. The van der Waals surface area contributed by atoms with Crippen LogP contribution in [-0.2, 0) is 27.3 Å². The summed E-state index contributed by atoms with van der Waals surface area (Å²) in [6.07, 6.45) is 1.69. The Morgan fingerprint density at radius 1 is 1.00 bits per heavy atom. The molecule has 0 aliphatic carbocycles. The normalized spacial score (nSPS) is 14.6. The molecule has 0 saturated carbocycles. The van der Waals surface area contributed by atoms with Crippen molar-refractivity contribution in [2.24, 2.45) is 0 Å². The summed E-state index contributed by atoms with van der Waals surface area (Å²) >= 11 is 0. The quantitative estimate of drug-likeness (QED) is 0.405. The van der Waals surface area contributed by atoms with Crippen molar-refractivity contribution in [3.63, 3.8) is 0 Å². The lowest BCUT2D eigenvalue weighted by atomic mass is 9.93. The number of para-hydroxylation sites is 1. The van der Waals surface area contributed by atoms with E-state index in [0.717, 1.165) is 22.5 Å². The topological polar surface area (TPSA) is 107 Å². The third kappa shape index (κ3) is 4.88. The Balaban J connectivity index is 1.28. The van der Waals surface area contributed by atoms with Crippen molar-refractivity contribution in [2.75, 3.05) is 11.9 Å². The number of esters is 1. The Morgan fingerprint density at radius 3 is 2.46 bits per heavy atom. The van der Waals surface area contributed by atoms with Crippen molar-refractivity contribution in [1.82, 2.24) is 14.7 Å². The number of furan rings is 1. The Morgan fingerprint density at radius 2 is 1.73 bits per heavy atom. The summed E-state index contributed by atoms with van der Waals surface area (Å²) in [6, 6.07) is 19.5. The monoisotopic (exact) mass is 498 g/mol. The van der Waals surface area contributed by atoms with Gasteiger partial charge in [0, 0.05) is 13.0 Å². The molecule has 3 heterocycles. The fourth-order valence-electron chi connectivity index (χ4n) is 4.54. The number of nitrogens with zero attached hydrogens (tertiary/aromatic N) is 3. The highest BCUT2D eigenvalue weighted by molar-refractivity contribution is 5.96. The summed E-state index contributed by atoms with van der Waals surface area (Å²) in [6.45, 7) is 3.39. The van der Waals surface area contributed by atoms with E-state index in [4.69, 9.17) is 9.15 Å². The number of aryl methyl sites for hydroxylation is 1. The van der Waals surface area contributed by atoms with Gasteiger partial charge in [-0.15, -0.1) is 0 Å². The summed E-state index contributed by atoms with van der Waals surface area (Å²) in [4.78, 5) is 40.4. The van der Waals surface area contributed by atoms with Crippen LogP contribution < -0.4 is 5.32 Å². The molecule has 1 atom stereocenters. The van der Waals surface area contributed by atoms with E-state index in [-0.39, 0.29) is 18.7 Å². The molecule has 9 nitrogen and oxygen atoms in total. The lowest BCUT2D eigenvalue weighted by molar-refractivity contribution is -0.152. The Labute approximate surface area is 213 Å². The largest absolute Gasteiger partial charge is 0.459 e. The molecule has 2 amide bonds. The number of rotatable bonds is 6. The number of aromatic nitrogens is 2. The minimum atomic E-state index is -0.885. The van der Waals surface area contributed by atoms with Gasteiger partial charge in [-0.1, -0.05) is 42.5 Å². The van der Waals surface area contributed by atoms with Crippen LogP contribution in [0.2, 0.25) is 0 Å². The SMILES string of the molecule is Cc1nn(-c2ccccc2)c(C)c1NC(=O)COC(=O)[C@@H]1Cc2ccccc2CN1C(=O)c1ccco1. The second-order valence-electron chi connectivity index (χ2n) is 8.85. The first-order valence-electron chi connectivity index (χ1n) is 11.9. The fourth-order valence-corrected chi connectivity index (χ4v) is 4.54. The van der Waals surface area contributed by atoms with Gasteiger partial charge in [0.15, 0.2) is 12.4 Å². The third-order valence-corrected chi connectivity index (χ3v) is 6.42. The molecule has 1 aliphatic heterocycles. The number of carbonyl (C=O) groups is 3. The molecule has 2 aromatic carbocycles. The van der Waals surface area contributed by atoms with Crippen molar-refractivity contribution < 1.29 is 23.5 Å². The van der Waals surface area contributed by atoms with Gasteiger partial charge in [-0.3, -0.25) is 9.59 Å². The molecule has 4 aromatic rings. The van der Waals surface area contributed by atoms with E-state index >= 15 is 0 Å². The first kappa shape index (κ1) is 24.1. The molecule has 0 radical (unpaired) electrons. The van der Waals surface area contributed by atoms with E-state index in [1.165, 1.54) is 11.2 Å². The fraction of sp³-hybridized carbons (Fsp3) is 0.214. The standard InChI is InChI=1S/C28H26N4O5/c1-18-26(19(2)32(30-18)22-11-4-3-5-12-22)29-25(33)17-37-28(35)23-15-20-9-6-7-10-21(20)16-31(23)27(34)24-13-8-14-36-24/h3-14,23H,15-17H2,1-2H3,(H,29,33)/t23-/m0/s1. The number of fused-ring (bicyclic) bond motifs is 1. The minimum Gasteiger partial charge on any atom is -0.459 e. The summed E-state index contributed by atoms with van der Waals surface area (Å²) < 4.78 is 12.4. The van der Waals surface area contributed by atoms with Crippen LogP contribution in [-0.4, -0.2) is 45.1 Å². The lowest BCUT2D eigenvalue weighted by Gasteiger charge is -2.34. The van der Waals surface area contributed by atoms with Crippen LogP contribution in [0.15, 0.2) is 77.4 Å². The highest BCUT2D eigenvalue weighted by Crippen LogP contribution is 2.26. The van der Waals surface area contributed by atoms with E-state index in [1.54, 1.807) is 23.7 Å². The molecule has 37 heavy (non-hydrogen) atoms. The first-order chi connectivity index (χ1) is 17.9. The van der Waals surface area contributed by atoms with Gasteiger partial charge < -0.3 is 19.4 Å². The van der Waals surface area contributed by atoms with Crippen LogP contribution in [0.5, 0.6) is 0 Å². The van der Waals surface area contributed by atoms with Gasteiger partial charge in [-0.25, -0.2) is 9.48 Å². The Hall–Kier alpha value is -4.66. The smallest absolute Gasteiger partial charge is 0.329 e. The van der Waals surface area contributed by atoms with E-state index in [2.05, 4.69) is 10.4 Å². The van der Waals surface area contributed by atoms with Gasteiger partial charge in [0.1, 0.15) is 6.04 Å². The van der Waals surface area contributed by atoms with E-state index in [1.807, 2.05) is 61.5 Å². The van der Waals surface area contributed by atoms with Crippen LogP contribution in [0.25, 0.3) is 5.69 Å². The molecule has 188 valence electrons. The highest BCUT2D eigenvalue weighted by atomic mass is 16.5. The third-order valence-electron chi connectivity index (χ3n) is 6.42. The zero-order valence-corrected chi connectivity index (χ0v) is 20.5. The average Bonchev–Trinajstić information content (AvgIpc) is 3.56. The molecule has 1 aliphatic rings. The number of anilines is 1. The number of benzene rings is 2. The van der Waals surface area contributed by atoms with E-state index < -0.39 is 30.4 Å². The highest BCUT2D eigenvalue weighted by Gasteiger charge is 2.37. The molecule has 0 bridgehead atoms. The second kappa shape index (κ2) is 10.1. The van der Waals surface area contributed by atoms with E-state index in [9.17, 15) is 14.4 Å². The molecular formula is C28H26N4O5. The average molecular weight is 499 g/mol. The molecule has 5 rings (SSSR count). The van der Waals surface area contributed by atoms with Crippen molar-refractivity contribution in [1.29, 1.82) is 0 Å². The molecule has 0 unspecified atom stereocenters. The molecule has 0 saturated heterocycles.